The maximum absolute atomic E-state index is 12.4. The molecule has 1 atom stereocenters. The first kappa shape index (κ1) is 19.3. The van der Waals surface area contributed by atoms with Gasteiger partial charge in [0.05, 0.1) is 19.3 Å². The minimum atomic E-state index is -0.714. The standard InChI is InChI=1S/C20H23NO5/c1-5-25-20(23)15-7-6-13(2)18(12-15)21-19(22)14(3)26-17-10-8-16(24-4)9-11-17/h6-12,14H,5H2,1-4H3,(H,21,22). The number of benzene rings is 2. The van der Waals surface area contributed by atoms with E-state index in [-0.39, 0.29) is 5.91 Å². The van der Waals surface area contributed by atoms with Crippen molar-refractivity contribution in [2.45, 2.75) is 26.9 Å². The van der Waals surface area contributed by atoms with Crippen molar-refractivity contribution in [2.75, 3.05) is 19.0 Å². The number of carbonyl (C=O) groups excluding carboxylic acids is 2. The molecule has 26 heavy (non-hydrogen) atoms. The van der Waals surface area contributed by atoms with Gasteiger partial charge in [0.1, 0.15) is 11.5 Å². The van der Waals surface area contributed by atoms with Gasteiger partial charge in [0.25, 0.3) is 5.91 Å². The maximum Gasteiger partial charge on any atom is 0.338 e. The van der Waals surface area contributed by atoms with Crippen LogP contribution < -0.4 is 14.8 Å². The minimum Gasteiger partial charge on any atom is -0.497 e. The number of methoxy groups -OCH3 is 1. The predicted octanol–water partition coefficient (Wildman–Crippen LogP) is 3.59. The highest BCUT2D eigenvalue weighted by molar-refractivity contribution is 5.97. The number of hydrogen-bond acceptors (Lipinski definition) is 5. The Bertz CT molecular complexity index is 770. The molecule has 1 N–H and O–H groups in total. The summed E-state index contributed by atoms with van der Waals surface area (Å²) >= 11 is 0. The molecule has 2 aromatic carbocycles. The van der Waals surface area contributed by atoms with Crippen LogP contribution in [0.1, 0.15) is 29.8 Å². The Balaban J connectivity index is 2.05. The third-order valence-corrected chi connectivity index (χ3v) is 3.75. The monoisotopic (exact) mass is 357 g/mol. The molecule has 0 aliphatic rings. The molecule has 0 spiro atoms. The van der Waals surface area contributed by atoms with Crippen molar-refractivity contribution in [3.63, 3.8) is 0 Å². The van der Waals surface area contributed by atoms with Gasteiger partial charge in [0.2, 0.25) is 0 Å². The summed E-state index contributed by atoms with van der Waals surface area (Å²) in [5.41, 5.74) is 1.77. The summed E-state index contributed by atoms with van der Waals surface area (Å²) in [6.07, 6.45) is -0.714. The van der Waals surface area contributed by atoms with Crippen molar-refractivity contribution >= 4 is 17.6 Å². The Hall–Kier alpha value is -3.02. The highest BCUT2D eigenvalue weighted by Gasteiger charge is 2.17. The zero-order valence-electron chi connectivity index (χ0n) is 15.4. The number of esters is 1. The van der Waals surface area contributed by atoms with Gasteiger partial charge >= 0.3 is 5.97 Å². The quantitative estimate of drug-likeness (QED) is 0.767. The molecule has 0 saturated carbocycles. The Morgan fingerprint density at radius 2 is 1.73 bits per heavy atom. The summed E-state index contributed by atoms with van der Waals surface area (Å²) in [5, 5.41) is 2.79. The smallest absolute Gasteiger partial charge is 0.338 e. The van der Waals surface area contributed by atoms with Gasteiger partial charge in [0.15, 0.2) is 6.10 Å². The number of rotatable bonds is 7. The molecule has 0 saturated heterocycles. The second-order valence-electron chi connectivity index (χ2n) is 5.68. The number of ether oxygens (including phenoxy) is 3. The number of amides is 1. The van der Waals surface area contributed by atoms with E-state index >= 15 is 0 Å². The molecule has 0 fully saturated rings. The molecule has 0 aliphatic carbocycles. The predicted molar refractivity (Wildman–Crippen MR) is 98.8 cm³/mol. The van der Waals surface area contributed by atoms with Crippen LogP contribution in [0.3, 0.4) is 0 Å². The molecule has 138 valence electrons. The largest absolute Gasteiger partial charge is 0.497 e. The SMILES string of the molecule is CCOC(=O)c1ccc(C)c(NC(=O)C(C)Oc2ccc(OC)cc2)c1. The Kier molecular flexibility index (Phi) is 6.60. The van der Waals surface area contributed by atoms with Crippen molar-refractivity contribution in [3.05, 3.63) is 53.6 Å². The molecule has 0 radical (unpaired) electrons. The first-order chi connectivity index (χ1) is 12.4. The highest BCUT2D eigenvalue weighted by Crippen LogP contribution is 2.20. The Labute approximate surface area is 153 Å². The third kappa shape index (κ3) is 4.99. The summed E-state index contributed by atoms with van der Waals surface area (Å²) in [4.78, 5) is 24.3. The molecule has 1 amide bonds. The van der Waals surface area contributed by atoms with Crippen molar-refractivity contribution in [1.82, 2.24) is 0 Å². The second-order valence-corrected chi connectivity index (χ2v) is 5.68. The van der Waals surface area contributed by atoms with Crippen LogP contribution in [0.15, 0.2) is 42.5 Å². The van der Waals surface area contributed by atoms with Crippen molar-refractivity contribution in [3.8, 4) is 11.5 Å². The summed E-state index contributed by atoms with van der Waals surface area (Å²) in [6.45, 7) is 5.54. The molecule has 2 aromatic rings. The first-order valence-electron chi connectivity index (χ1n) is 8.34. The highest BCUT2D eigenvalue weighted by atomic mass is 16.5. The summed E-state index contributed by atoms with van der Waals surface area (Å²) < 4.78 is 15.7. The van der Waals surface area contributed by atoms with E-state index in [0.29, 0.717) is 29.4 Å². The van der Waals surface area contributed by atoms with Crippen LogP contribution in [-0.2, 0) is 9.53 Å². The van der Waals surface area contributed by atoms with E-state index in [1.54, 1.807) is 63.4 Å². The van der Waals surface area contributed by atoms with E-state index < -0.39 is 12.1 Å². The van der Waals surface area contributed by atoms with E-state index in [0.717, 1.165) is 5.56 Å². The third-order valence-electron chi connectivity index (χ3n) is 3.75. The zero-order valence-corrected chi connectivity index (χ0v) is 15.4. The van der Waals surface area contributed by atoms with E-state index in [4.69, 9.17) is 14.2 Å². The maximum atomic E-state index is 12.4. The topological polar surface area (TPSA) is 73.9 Å². The lowest BCUT2D eigenvalue weighted by Crippen LogP contribution is -2.30. The molecule has 0 heterocycles. The van der Waals surface area contributed by atoms with Gasteiger partial charge in [-0.1, -0.05) is 6.07 Å². The minimum absolute atomic E-state index is 0.293. The summed E-state index contributed by atoms with van der Waals surface area (Å²) in [7, 11) is 1.58. The lowest BCUT2D eigenvalue weighted by Gasteiger charge is -2.16. The van der Waals surface area contributed by atoms with Crippen molar-refractivity contribution in [1.29, 1.82) is 0 Å². The van der Waals surface area contributed by atoms with Crippen molar-refractivity contribution in [2.24, 2.45) is 0 Å². The van der Waals surface area contributed by atoms with Crippen LogP contribution in [-0.4, -0.2) is 31.7 Å². The molecular weight excluding hydrogens is 334 g/mol. The molecule has 0 aliphatic heterocycles. The average molecular weight is 357 g/mol. The van der Waals surface area contributed by atoms with Crippen molar-refractivity contribution < 1.29 is 23.8 Å². The lowest BCUT2D eigenvalue weighted by atomic mass is 10.1. The summed E-state index contributed by atoms with van der Waals surface area (Å²) in [6, 6.07) is 12.0. The Morgan fingerprint density at radius 1 is 1.08 bits per heavy atom. The van der Waals surface area contributed by atoms with Crippen LogP contribution in [0.4, 0.5) is 5.69 Å². The molecular formula is C20H23NO5. The van der Waals surface area contributed by atoms with Crippen LogP contribution in [0, 0.1) is 6.92 Å². The second kappa shape index (κ2) is 8.89. The molecule has 6 heteroatoms. The number of carbonyl (C=O) groups is 2. The Morgan fingerprint density at radius 3 is 2.35 bits per heavy atom. The number of anilines is 1. The zero-order chi connectivity index (χ0) is 19.1. The first-order valence-corrected chi connectivity index (χ1v) is 8.34. The van der Waals surface area contributed by atoms with Crippen LogP contribution >= 0.6 is 0 Å². The van der Waals surface area contributed by atoms with Gasteiger partial charge in [-0.2, -0.15) is 0 Å². The molecule has 6 nitrogen and oxygen atoms in total. The molecule has 2 rings (SSSR count). The van der Waals surface area contributed by atoms with E-state index in [9.17, 15) is 9.59 Å². The molecule has 1 unspecified atom stereocenters. The van der Waals surface area contributed by atoms with Gasteiger partial charge in [-0.3, -0.25) is 4.79 Å². The number of hydrogen-bond donors (Lipinski definition) is 1. The van der Waals surface area contributed by atoms with Crippen LogP contribution in [0.25, 0.3) is 0 Å². The van der Waals surface area contributed by atoms with Gasteiger partial charge in [-0.25, -0.2) is 4.79 Å². The van der Waals surface area contributed by atoms with E-state index in [1.165, 1.54) is 0 Å². The lowest BCUT2D eigenvalue weighted by molar-refractivity contribution is -0.122. The van der Waals surface area contributed by atoms with Crippen LogP contribution in [0.5, 0.6) is 11.5 Å². The average Bonchev–Trinajstić information content (AvgIpc) is 2.64. The fourth-order valence-corrected chi connectivity index (χ4v) is 2.24. The number of nitrogens with one attached hydrogen (secondary N) is 1. The number of aryl methyl sites for hydroxylation is 1. The molecule has 0 aromatic heterocycles. The van der Waals surface area contributed by atoms with Gasteiger partial charge in [-0.05, 0) is 62.7 Å². The van der Waals surface area contributed by atoms with E-state index in [2.05, 4.69) is 5.32 Å². The fraction of sp³-hybridized carbons (Fsp3) is 0.300. The molecule has 0 bridgehead atoms. The van der Waals surface area contributed by atoms with Gasteiger partial charge < -0.3 is 19.5 Å². The fourth-order valence-electron chi connectivity index (χ4n) is 2.24. The summed E-state index contributed by atoms with van der Waals surface area (Å²) in [5.74, 6) is 0.529. The van der Waals surface area contributed by atoms with E-state index in [1.807, 2.05) is 6.92 Å². The van der Waals surface area contributed by atoms with Crippen LogP contribution in [0.2, 0.25) is 0 Å². The van der Waals surface area contributed by atoms with Gasteiger partial charge in [0, 0.05) is 5.69 Å². The van der Waals surface area contributed by atoms with Gasteiger partial charge in [-0.15, -0.1) is 0 Å². The normalized spacial score (nSPS) is 11.4.